The van der Waals surface area contributed by atoms with Crippen LogP contribution in [0.2, 0.25) is 0 Å². The number of amides is 1. The summed E-state index contributed by atoms with van der Waals surface area (Å²) in [5.74, 6) is -1.55. The summed E-state index contributed by atoms with van der Waals surface area (Å²) in [6.07, 6.45) is 0. The van der Waals surface area contributed by atoms with Crippen LogP contribution in [0, 0.1) is 5.82 Å². The zero-order valence-electron chi connectivity index (χ0n) is 14.1. The molecule has 2 heterocycles. The summed E-state index contributed by atoms with van der Waals surface area (Å²) < 4.78 is 18.2. The van der Waals surface area contributed by atoms with E-state index in [0.29, 0.717) is 31.0 Å². The maximum atomic E-state index is 12.9. The van der Waals surface area contributed by atoms with E-state index in [-0.39, 0.29) is 17.9 Å². The lowest BCUT2D eigenvalue weighted by molar-refractivity contribution is 0.0336. The van der Waals surface area contributed by atoms with Gasteiger partial charge in [0.25, 0.3) is 11.5 Å². The molecule has 0 spiro atoms. The van der Waals surface area contributed by atoms with Gasteiger partial charge in [-0.2, -0.15) is 0 Å². The number of aromatic amines is 1. The molecular formula is C18H20FN3O4. The van der Waals surface area contributed by atoms with E-state index in [0.717, 1.165) is 13.1 Å². The van der Waals surface area contributed by atoms with Crippen LogP contribution in [-0.4, -0.2) is 47.2 Å². The average Bonchev–Trinajstić information content (AvgIpc) is 2.64. The van der Waals surface area contributed by atoms with Gasteiger partial charge in [0, 0.05) is 31.9 Å². The molecule has 1 aliphatic rings. The van der Waals surface area contributed by atoms with Crippen molar-refractivity contribution in [3.63, 3.8) is 0 Å². The number of aromatic nitrogens is 1. The molecule has 1 amide bonds. The fraction of sp³-hybridized carbons (Fsp3) is 0.333. The van der Waals surface area contributed by atoms with Gasteiger partial charge in [0.2, 0.25) is 0 Å². The molecule has 0 radical (unpaired) electrons. The molecule has 0 unspecified atom stereocenters. The minimum atomic E-state index is -0.706. The standard InChI is InChI=1S/C18H20FN3O4/c19-13-3-1-12(2-4-13)10-20-17(24)15-9-14(21-18(25)16(15)23)11-22-5-7-26-8-6-22/h1-4,9,23H,5-8,10-11H2,(H,20,24)(H,21,25). The van der Waals surface area contributed by atoms with E-state index < -0.39 is 17.2 Å². The normalized spacial score (nSPS) is 15.0. The van der Waals surface area contributed by atoms with Gasteiger partial charge in [-0.25, -0.2) is 4.39 Å². The van der Waals surface area contributed by atoms with E-state index in [1.807, 2.05) is 0 Å². The monoisotopic (exact) mass is 361 g/mol. The summed E-state index contributed by atoms with van der Waals surface area (Å²) in [6, 6.07) is 7.18. The smallest absolute Gasteiger partial charge is 0.291 e. The number of carbonyl (C=O) groups excluding carboxylic acids is 1. The van der Waals surface area contributed by atoms with Crippen LogP contribution in [0.15, 0.2) is 35.1 Å². The molecule has 1 aromatic carbocycles. The highest BCUT2D eigenvalue weighted by Crippen LogP contribution is 2.14. The summed E-state index contributed by atoms with van der Waals surface area (Å²) in [5.41, 5.74) is 0.459. The summed E-state index contributed by atoms with van der Waals surface area (Å²) >= 11 is 0. The first kappa shape index (κ1) is 18.1. The third-order valence-electron chi connectivity index (χ3n) is 4.17. The second kappa shape index (κ2) is 8.11. The van der Waals surface area contributed by atoms with Crippen LogP contribution in [-0.2, 0) is 17.8 Å². The fourth-order valence-electron chi connectivity index (χ4n) is 2.74. The Hall–Kier alpha value is -2.71. The number of nitrogens with one attached hydrogen (secondary N) is 2. The Morgan fingerprint density at radius 2 is 1.96 bits per heavy atom. The van der Waals surface area contributed by atoms with Crippen LogP contribution in [0.1, 0.15) is 21.6 Å². The lowest BCUT2D eigenvalue weighted by Gasteiger charge is -2.26. The predicted octanol–water partition coefficient (Wildman–Crippen LogP) is 0.982. The predicted molar refractivity (Wildman–Crippen MR) is 92.4 cm³/mol. The molecule has 1 aromatic heterocycles. The van der Waals surface area contributed by atoms with E-state index in [1.54, 1.807) is 12.1 Å². The third-order valence-corrected chi connectivity index (χ3v) is 4.17. The molecule has 1 saturated heterocycles. The summed E-state index contributed by atoms with van der Waals surface area (Å²) in [4.78, 5) is 29.0. The molecule has 0 saturated carbocycles. The Balaban J connectivity index is 1.71. The van der Waals surface area contributed by atoms with Crippen LogP contribution in [0.5, 0.6) is 5.75 Å². The van der Waals surface area contributed by atoms with Gasteiger partial charge in [-0.15, -0.1) is 0 Å². The number of pyridine rings is 1. The Kier molecular flexibility index (Phi) is 5.65. The number of carbonyl (C=O) groups is 1. The molecule has 7 nitrogen and oxygen atoms in total. The second-order valence-electron chi connectivity index (χ2n) is 6.08. The van der Waals surface area contributed by atoms with Gasteiger partial charge in [-0.1, -0.05) is 12.1 Å². The first-order chi connectivity index (χ1) is 12.5. The summed E-state index contributed by atoms with van der Waals surface area (Å²) in [5, 5.41) is 12.6. The maximum Gasteiger partial charge on any atom is 0.291 e. The first-order valence-corrected chi connectivity index (χ1v) is 8.31. The molecule has 3 rings (SSSR count). The van der Waals surface area contributed by atoms with Crippen molar-refractivity contribution in [3.05, 3.63) is 63.3 Å². The van der Waals surface area contributed by atoms with Crippen molar-refractivity contribution >= 4 is 5.91 Å². The van der Waals surface area contributed by atoms with Crippen molar-refractivity contribution in [3.8, 4) is 5.75 Å². The number of benzene rings is 1. The van der Waals surface area contributed by atoms with E-state index in [1.165, 1.54) is 18.2 Å². The average molecular weight is 361 g/mol. The van der Waals surface area contributed by atoms with Gasteiger partial charge in [0.15, 0.2) is 5.75 Å². The topological polar surface area (TPSA) is 94.7 Å². The van der Waals surface area contributed by atoms with Crippen molar-refractivity contribution in [1.29, 1.82) is 0 Å². The van der Waals surface area contributed by atoms with Crippen molar-refractivity contribution in [1.82, 2.24) is 15.2 Å². The molecule has 0 bridgehead atoms. The van der Waals surface area contributed by atoms with Crippen LogP contribution in [0.4, 0.5) is 4.39 Å². The second-order valence-corrected chi connectivity index (χ2v) is 6.08. The Labute approximate surface area is 149 Å². The zero-order chi connectivity index (χ0) is 18.5. The Morgan fingerprint density at radius 3 is 2.65 bits per heavy atom. The number of halogens is 1. The SMILES string of the molecule is O=C(NCc1ccc(F)cc1)c1cc(CN2CCOCC2)[nH]c(=O)c1O. The Morgan fingerprint density at radius 1 is 1.27 bits per heavy atom. The van der Waals surface area contributed by atoms with Crippen molar-refractivity contribution in [2.75, 3.05) is 26.3 Å². The quantitative estimate of drug-likeness (QED) is 0.738. The highest BCUT2D eigenvalue weighted by atomic mass is 19.1. The Bertz CT molecular complexity index is 829. The molecule has 26 heavy (non-hydrogen) atoms. The van der Waals surface area contributed by atoms with Gasteiger partial charge in [-0.3, -0.25) is 14.5 Å². The van der Waals surface area contributed by atoms with E-state index in [9.17, 15) is 19.1 Å². The van der Waals surface area contributed by atoms with Crippen molar-refractivity contribution in [2.45, 2.75) is 13.1 Å². The number of H-pyrrole nitrogens is 1. The number of hydrogen-bond donors (Lipinski definition) is 3. The van der Waals surface area contributed by atoms with Gasteiger partial charge >= 0.3 is 0 Å². The van der Waals surface area contributed by atoms with Gasteiger partial charge in [0.1, 0.15) is 5.82 Å². The highest BCUT2D eigenvalue weighted by molar-refractivity contribution is 5.96. The molecule has 138 valence electrons. The lowest BCUT2D eigenvalue weighted by atomic mass is 10.1. The van der Waals surface area contributed by atoms with Crippen LogP contribution in [0.25, 0.3) is 0 Å². The van der Waals surface area contributed by atoms with Gasteiger partial charge in [0.05, 0.1) is 18.8 Å². The van der Waals surface area contributed by atoms with E-state index in [2.05, 4.69) is 15.2 Å². The van der Waals surface area contributed by atoms with Crippen LogP contribution in [0.3, 0.4) is 0 Å². The molecule has 0 aliphatic carbocycles. The largest absolute Gasteiger partial charge is 0.502 e. The number of aromatic hydroxyl groups is 1. The highest BCUT2D eigenvalue weighted by Gasteiger charge is 2.18. The minimum Gasteiger partial charge on any atom is -0.502 e. The minimum absolute atomic E-state index is 0.0841. The lowest BCUT2D eigenvalue weighted by Crippen LogP contribution is -2.36. The molecule has 3 N–H and O–H groups in total. The van der Waals surface area contributed by atoms with Gasteiger partial charge in [-0.05, 0) is 23.8 Å². The molecule has 1 fully saturated rings. The summed E-state index contributed by atoms with van der Waals surface area (Å²) in [6.45, 7) is 3.31. The van der Waals surface area contributed by atoms with Crippen LogP contribution < -0.4 is 10.9 Å². The van der Waals surface area contributed by atoms with E-state index >= 15 is 0 Å². The fourth-order valence-corrected chi connectivity index (χ4v) is 2.74. The maximum absolute atomic E-state index is 12.9. The van der Waals surface area contributed by atoms with Crippen molar-refractivity contribution in [2.24, 2.45) is 0 Å². The molecule has 0 atom stereocenters. The van der Waals surface area contributed by atoms with Crippen LogP contribution >= 0.6 is 0 Å². The van der Waals surface area contributed by atoms with Gasteiger partial charge < -0.3 is 20.1 Å². The molecule has 8 heteroatoms. The number of ether oxygens (including phenoxy) is 1. The zero-order valence-corrected chi connectivity index (χ0v) is 14.1. The first-order valence-electron chi connectivity index (χ1n) is 8.31. The number of rotatable bonds is 5. The third kappa shape index (κ3) is 4.47. The van der Waals surface area contributed by atoms with Crippen molar-refractivity contribution < 1.29 is 19.0 Å². The number of nitrogens with zero attached hydrogens (tertiary/aromatic N) is 1. The van der Waals surface area contributed by atoms with E-state index in [4.69, 9.17) is 4.74 Å². The summed E-state index contributed by atoms with van der Waals surface area (Å²) in [7, 11) is 0. The number of hydrogen-bond acceptors (Lipinski definition) is 5. The molecule has 1 aliphatic heterocycles. The number of morpholine rings is 1. The molecule has 2 aromatic rings. The molecular weight excluding hydrogens is 341 g/mol.